The number of ether oxygens (including phenoxy) is 2. The van der Waals surface area contributed by atoms with Crippen molar-refractivity contribution in [2.24, 2.45) is 23.2 Å². The highest BCUT2D eigenvalue weighted by atomic mass is 32.1. The number of benzene rings is 1. The number of carbonyl (C=O) groups is 2. The van der Waals surface area contributed by atoms with Crippen LogP contribution in [0.4, 0.5) is 0 Å². The molecule has 0 spiro atoms. The monoisotopic (exact) mass is 538 g/mol. The third-order valence-corrected chi connectivity index (χ3v) is 9.86. The molecule has 0 aliphatic heterocycles. The number of hydrogen-bond acceptors (Lipinski definition) is 5. The molecule has 2 aromatic rings. The molecule has 1 heterocycles. The lowest BCUT2D eigenvalue weighted by atomic mass is 9.49. The molecule has 6 nitrogen and oxygen atoms in total. The first-order valence-corrected chi connectivity index (χ1v) is 15.1. The van der Waals surface area contributed by atoms with E-state index in [0.717, 1.165) is 36.1 Å². The van der Waals surface area contributed by atoms with Gasteiger partial charge in [0.2, 0.25) is 11.8 Å². The Hall–Kier alpha value is -2.54. The van der Waals surface area contributed by atoms with Crippen molar-refractivity contribution in [1.29, 1.82) is 0 Å². The SMILES string of the molecule is CCCN(CC(=O)N(CCc1ccc(OC)c(OC)c1)Cc1cccs1)C(=O)C12CC3CC(CC(C3)C1)C2. The first-order chi connectivity index (χ1) is 18.4. The minimum absolute atomic E-state index is 0.0328. The van der Waals surface area contributed by atoms with Crippen LogP contribution in [-0.2, 0) is 22.6 Å². The summed E-state index contributed by atoms with van der Waals surface area (Å²) in [5.74, 6) is 3.80. The van der Waals surface area contributed by atoms with E-state index in [9.17, 15) is 9.59 Å². The Balaban J connectivity index is 1.30. The number of amides is 2. The Morgan fingerprint density at radius 3 is 2.21 bits per heavy atom. The van der Waals surface area contributed by atoms with Gasteiger partial charge in [-0.05, 0) is 98.3 Å². The van der Waals surface area contributed by atoms with Crippen LogP contribution in [-0.4, -0.2) is 55.5 Å². The van der Waals surface area contributed by atoms with Gasteiger partial charge in [-0.1, -0.05) is 19.1 Å². The molecule has 4 fully saturated rings. The van der Waals surface area contributed by atoms with E-state index in [-0.39, 0.29) is 23.8 Å². The molecule has 4 aliphatic rings. The number of carbonyl (C=O) groups excluding carboxylic acids is 2. The van der Waals surface area contributed by atoms with Gasteiger partial charge in [-0.15, -0.1) is 11.3 Å². The Labute approximate surface area is 231 Å². The molecule has 0 atom stereocenters. The van der Waals surface area contributed by atoms with Crippen molar-refractivity contribution in [1.82, 2.24) is 9.80 Å². The average molecular weight is 539 g/mol. The van der Waals surface area contributed by atoms with E-state index in [1.807, 2.05) is 39.4 Å². The maximum Gasteiger partial charge on any atom is 0.242 e. The van der Waals surface area contributed by atoms with Gasteiger partial charge >= 0.3 is 0 Å². The van der Waals surface area contributed by atoms with Crippen molar-refractivity contribution in [3.8, 4) is 11.5 Å². The predicted octanol–water partition coefficient (Wildman–Crippen LogP) is 5.79. The number of methoxy groups -OCH3 is 2. The van der Waals surface area contributed by atoms with Crippen LogP contribution in [0.15, 0.2) is 35.7 Å². The third kappa shape index (κ3) is 5.73. The molecular formula is C31H42N2O4S. The lowest BCUT2D eigenvalue weighted by Gasteiger charge is -2.56. The fourth-order valence-corrected chi connectivity index (χ4v) is 8.40. The molecule has 1 aromatic heterocycles. The molecule has 0 unspecified atom stereocenters. The van der Waals surface area contributed by atoms with Gasteiger partial charge in [0.25, 0.3) is 0 Å². The second-order valence-electron chi connectivity index (χ2n) is 11.8. The molecule has 0 saturated heterocycles. The van der Waals surface area contributed by atoms with Crippen molar-refractivity contribution >= 4 is 23.2 Å². The first kappa shape index (κ1) is 27.0. The molecule has 0 radical (unpaired) electrons. The molecule has 6 rings (SSSR count). The van der Waals surface area contributed by atoms with Gasteiger partial charge in [0, 0.05) is 18.0 Å². The molecule has 4 bridgehead atoms. The zero-order valence-corrected chi connectivity index (χ0v) is 23.9. The van der Waals surface area contributed by atoms with Crippen molar-refractivity contribution in [3.05, 3.63) is 46.2 Å². The zero-order valence-electron chi connectivity index (χ0n) is 23.1. The van der Waals surface area contributed by atoms with E-state index < -0.39 is 0 Å². The molecule has 7 heteroatoms. The summed E-state index contributed by atoms with van der Waals surface area (Å²) in [5, 5.41) is 2.05. The van der Waals surface area contributed by atoms with Crippen LogP contribution in [0.5, 0.6) is 11.5 Å². The largest absolute Gasteiger partial charge is 0.493 e. The fraction of sp³-hybridized carbons (Fsp3) is 0.613. The van der Waals surface area contributed by atoms with Crippen molar-refractivity contribution in [2.45, 2.75) is 64.8 Å². The maximum atomic E-state index is 14.1. The van der Waals surface area contributed by atoms with Gasteiger partial charge in [-0.2, -0.15) is 0 Å². The predicted molar refractivity (Wildman–Crippen MR) is 150 cm³/mol. The quantitative estimate of drug-likeness (QED) is 0.343. The summed E-state index contributed by atoms with van der Waals surface area (Å²) in [4.78, 5) is 32.9. The second-order valence-corrected chi connectivity index (χ2v) is 12.8. The molecular weight excluding hydrogens is 496 g/mol. The Bertz CT molecular complexity index is 1080. The van der Waals surface area contributed by atoms with E-state index in [4.69, 9.17) is 9.47 Å². The molecule has 4 saturated carbocycles. The van der Waals surface area contributed by atoms with Gasteiger partial charge in [0.05, 0.1) is 32.7 Å². The van der Waals surface area contributed by atoms with E-state index in [0.29, 0.717) is 55.3 Å². The fourth-order valence-electron chi connectivity index (χ4n) is 7.68. The molecule has 4 aliphatic carbocycles. The van der Waals surface area contributed by atoms with Crippen molar-refractivity contribution in [3.63, 3.8) is 0 Å². The minimum Gasteiger partial charge on any atom is -0.493 e. The number of rotatable bonds is 12. The first-order valence-electron chi connectivity index (χ1n) is 14.2. The van der Waals surface area contributed by atoms with Gasteiger partial charge in [0.15, 0.2) is 11.5 Å². The standard InChI is InChI=1S/C31H42N2O4S/c1-4-10-33(30(35)31-17-23-13-24(18-31)15-25(14-23)19-31)21-29(34)32(20-26-6-5-12-38-26)11-9-22-7-8-27(36-2)28(16-22)37-3/h5-8,12,16,23-25H,4,9-11,13-15,17-21H2,1-3H3. The maximum absolute atomic E-state index is 14.1. The van der Waals surface area contributed by atoms with Crippen LogP contribution in [0.25, 0.3) is 0 Å². The summed E-state index contributed by atoms with van der Waals surface area (Å²) in [6.45, 7) is 4.07. The van der Waals surface area contributed by atoms with Crippen LogP contribution in [0.2, 0.25) is 0 Å². The summed E-state index contributed by atoms with van der Waals surface area (Å²) in [7, 11) is 3.27. The van der Waals surface area contributed by atoms with E-state index in [1.165, 1.54) is 19.3 Å². The van der Waals surface area contributed by atoms with Crippen molar-refractivity contribution in [2.75, 3.05) is 33.9 Å². The molecule has 38 heavy (non-hydrogen) atoms. The highest BCUT2D eigenvalue weighted by Gasteiger charge is 2.55. The van der Waals surface area contributed by atoms with Crippen LogP contribution in [0.3, 0.4) is 0 Å². The lowest BCUT2D eigenvalue weighted by Crippen LogP contribution is -2.56. The zero-order chi connectivity index (χ0) is 26.7. The van der Waals surface area contributed by atoms with Crippen LogP contribution in [0, 0.1) is 23.2 Å². The van der Waals surface area contributed by atoms with Crippen LogP contribution in [0.1, 0.15) is 62.3 Å². The highest BCUT2D eigenvalue weighted by molar-refractivity contribution is 7.09. The summed E-state index contributed by atoms with van der Waals surface area (Å²) in [6.07, 6.45) is 8.59. The topological polar surface area (TPSA) is 59.1 Å². The van der Waals surface area contributed by atoms with Gasteiger partial charge in [-0.25, -0.2) is 0 Å². The van der Waals surface area contributed by atoms with Crippen LogP contribution < -0.4 is 9.47 Å². The summed E-state index contributed by atoms with van der Waals surface area (Å²) >= 11 is 1.66. The number of nitrogens with zero attached hydrogens (tertiary/aromatic N) is 2. The van der Waals surface area contributed by atoms with E-state index >= 15 is 0 Å². The number of thiophene rings is 1. The smallest absolute Gasteiger partial charge is 0.242 e. The van der Waals surface area contributed by atoms with Crippen LogP contribution >= 0.6 is 11.3 Å². The van der Waals surface area contributed by atoms with Gasteiger partial charge in [-0.3, -0.25) is 9.59 Å². The normalized spacial score (nSPS) is 25.3. The second kappa shape index (κ2) is 11.7. The molecule has 2 amide bonds. The lowest BCUT2D eigenvalue weighted by molar-refractivity contribution is -0.160. The molecule has 0 N–H and O–H groups in total. The number of hydrogen-bond donors (Lipinski definition) is 0. The molecule has 1 aromatic carbocycles. The average Bonchev–Trinajstić information content (AvgIpc) is 3.42. The third-order valence-electron chi connectivity index (χ3n) is 9.00. The van der Waals surface area contributed by atoms with E-state index in [2.05, 4.69) is 13.0 Å². The summed E-state index contributed by atoms with van der Waals surface area (Å²) in [6, 6.07) is 10.0. The minimum atomic E-state index is -0.220. The van der Waals surface area contributed by atoms with Crippen molar-refractivity contribution < 1.29 is 19.1 Å². The van der Waals surface area contributed by atoms with E-state index in [1.54, 1.807) is 25.6 Å². The molecule has 206 valence electrons. The van der Waals surface area contributed by atoms with Gasteiger partial charge in [0.1, 0.15) is 0 Å². The summed E-state index contributed by atoms with van der Waals surface area (Å²) < 4.78 is 10.9. The summed E-state index contributed by atoms with van der Waals surface area (Å²) in [5.41, 5.74) is 0.865. The highest BCUT2D eigenvalue weighted by Crippen LogP contribution is 2.60. The van der Waals surface area contributed by atoms with Gasteiger partial charge < -0.3 is 19.3 Å². The Kier molecular flexibility index (Phi) is 8.32. The Morgan fingerprint density at radius 1 is 0.947 bits per heavy atom. The Morgan fingerprint density at radius 2 is 1.63 bits per heavy atom.